The van der Waals surface area contributed by atoms with Crippen LogP contribution in [0, 0.1) is 6.92 Å². The maximum Gasteiger partial charge on any atom is 0.337 e. The molecule has 0 fully saturated rings. The summed E-state index contributed by atoms with van der Waals surface area (Å²) in [7, 11) is 1.37. The van der Waals surface area contributed by atoms with Gasteiger partial charge in [-0.25, -0.2) is 9.48 Å². The lowest BCUT2D eigenvalue weighted by atomic mass is 10.2. The molecule has 0 bridgehead atoms. The van der Waals surface area contributed by atoms with E-state index in [1.807, 2.05) is 19.2 Å². The highest BCUT2D eigenvalue weighted by molar-refractivity contribution is 5.89. The fourth-order valence-corrected chi connectivity index (χ4v) is 1.45. The first-order chi connectivity index (χ1) is 7.70. The molecule has 0 saturated heterocycles. The molecule has 0 radical (unpaired) electrons. The molecule has 1 aromatic heterocycles. The fourth-order valence-electron chi connectivity index (χ4n) is 1.45. The highest BCUT2D eigenvalue weighted by atomic mass is 16.5. The summed E-state index contributed by atoms with van der Waals surface area (Å²) in [5.74, 6) is -0.342. The molecule has 0 aliphatic rings. The largest absolute Gasteiger partial charge is 0.465 e. The first-order valence-electron chi connectivity index (χ1n) is 4.91. The number of carbonyl (C=O) groups excluding carboxylic acids is 1. The van der Waals surface area contributed by atoms with Gasteiger partial charge in [-0.15, -0.1) is 0 Å². The number of ether oxygens (including phenoxy) is 1. The SMILES string of the molecule is COC(=O)c1cccc(-n2cc(C)cn2)c1. The predicted molar refractivity (Wildman–Crippen MR) is 59.6 cm³/mol. The van der Waals surface area contributed by atoms with E-state index in [0.717, 1.165) is 11.3 Å². The Labute approximate surface area is 93.5 Å². The number of esters is 1. The highest BCUT2D eigenvalue weighted by Gasteiger charge is 2.06. The number of nitrogens with zero attached hydrogens (tertiary/aromatic N) is 2. The molecular weight excluding hydrogens is 204 g/mol. The maximum atomic E-state index is 11.4. The fraction of sp³-hybridized carbons (Fsp3) is 0.167. The van der Waals surface area contributed by atoms with Gasteiger partial charge in [0.25, 0.3) is 0 Å². The molecule has 0 aliphatic heterocycles. The third-order valence-corrected chi connectivity index (χ3v) is 2.24. The Bertz CT molecular complexity index is 517. The van der Waals surface area contributed by atoms with E-state index in [1.165, 1.54) is 7.11 Å². The monoisotopic (exact) mass is 216 g/mol. The number of methoxy groups -OCH3 is 1. The number of benzene rings is 1. The van der Waals surface area contributed by atoms with E-state index < -0.39 is 0 Å². The van der Waals surface area contributed by atoms with Gasteiger partial charge in [0.15, 0.2) is 0 Å². The molecule has 4 nitrogen and oxygen atoms in total. The quantitative estimate of drug-likeness (QED) is 0.721. The summed E-state index contributed by atoms with van der Waals surface area (Å²) in [6.45, 7) is 1.97. The standard InChI is InChI=1S/C12H12N2O2/c1-9-7-13-14(8-9)11-5-3-4-10(6-11)12(15)16-2/h3-8H,1-2H3. The minimum atomic E-state index is -0.342. The van der Waals surface area contributed by atoms with Crippen molar-refractivity contribution in [3.05, 3.63) is 47.8 Å². The second kappa shape index (κ2) is 4.18. The molecule has 1 aromatic carbocycles. The highest BCUT2D eigenvalue weighted by Crippen LogP contribution is 2.11. The van der Waals surface area contributed by atoms with E-state index in [2.05, 4.69) is 9.84 Å². The van der Waals surface area contributed by atoms with Gasteiger partial charge < -0.3 is 4.74 Å². The molecule has 0 unspecified atom stereocenters. The van der Waals surface area contributed by atoms with Crippen LogP contribution in [-0.2, 0) is 4.74 Å². The van der Waals surface area contributed by atoms with Crippen molar-refractivity contribution in [3.63, 3.8) is 0 Å². The Morgan fingerprint density at radius 3 is 2.88 bits per heavy atom. The molecule has 2 rings (SSSR count). The summed E-state index contributed by atoms with van der Waals surface area (Å²) in [4.78, 5) is 11.4. The van der Waals surface area contributed by atoms with Crippen LogP contribution in [0.4, 0.5) is 0 Å². The van der Waals surface area contributed by atoms with Crippen molar-refractivity contribution in [1.29, 1.82) is 0 Å². The maximum absolute atomic E-state index is 11.4. The van der Waals surface area contributed by atoms with Crippen molar-refractivity contribution >= 4 is 5.97 Å². The van der Waals surface area contributed by atoms with Gasteiger partial charge in [0.2, 0.25) is 0 Å². The number of hydrogen-bond donors (Lipinski definition) is 0. The predicted octanol–water partition coefficient (Wildman–Crippen LogP) is 1.97. The summed E-state index contributed by atoms with van der Waals surface area (Å²) in [6.07, 6.45) is 3.67. The minimum Gasteiger partial charge on any atom is -0.465 e. The van der Waals surface area contributed by atoms with Crippen LogP contribution >= 0.6 is 0 Å². The molecule has 2 aromatic rings. The van der Waals surface area contributed by atoms with Gasteiger partial charge in [-0.05, 0) is 30.7 Å². The van der Waals surface area contributed by atoms with Gasteiger partial charge in [-0.2, -0.15) is 5.10 Å². The van der Waals surface area contributed by atoms with E-state index in [1.54, 1.807) is 29.1 Å². The Morgan fingerprint density at radius 2 is 2.25 bits per heavy atom. The number of carbonyl (C=O) groups is 1. The van der Waals surface area contributed by atoms with E-state index in [-0.39, 0.29) is 5.97 Å². The zero-order chi connectivity index (χ0) is 11.5. The zero-order valence-corrected chi connectivity index (χ0v) is 9.18. The molecule has 1 heterocycles. The van der Waals surface area contributed by atoms with Gasteiger partial charge in [0, 0.05) is 6.20 Å². The number of aryl methyl sites for hydroxylation is 1. The average molecular weight is 216 g/mol. The lowest BCUT2D eigenvalue weighted by molar-refractivity contribution is 0.0600. The zero-order valence-electron chi connectivity index (χ0n) is 9.18. The molecule has 0 spiro atoms. The van der Waals surface area contributed by atoms with Crippen LogP contribution in [0.3, 0.4) is 0 Å². The first kappa shape index (κ1) is 10.4. The van der Waals surface area contributed by atoms with Gasteiger partial charge in [0.05, 0.1) is 24.6 Å². The van der Waals surface area contributed by atoms with Crippen LogP contribution < -0.4 is 0 Å². The molecule has 4 heteroatoms. The minimum absolute atomic E-state index is 0.342. The van der Waals surface area contributed by atoms with Crippen molar-refractivity contribution in [2.75, 3.05) is 7.11 Å². The molecule has 16 heavy (non-hydrogen) atoms. The van der Waals surface area contributed by atoms with Crippen LogP contribution in [0.1, 0.15) is 15.9 Å². The van der Waals surface area contributed by atoms with Crippen LogP contribution in [0.5, 0.6) is 0 Å². The van der Waals surface area contributed by atoms with Crippen LogP contribution in [0.15, 0.2) is 36.7 Å². The summed E-state index contributed by atoms with van der Waals surface area (Å²) < 4.78 is 6.39. The van der Waals surface area contributed by atoms with Crippen molar-refractivity contribution in [3.8, 4) is 5.69 Å². The third kappa shape index (κ3) is 1.95. The van der Waals surface area contributed by atoms with E-state index in [9.17, 15) is 4.79 Å². The second-order valence-corrected chi connectivity index (χ2v) is 3.50. The van der Waals surface area contributed by atoms with Gasteiger partial charge in [0.1, 0.15) is 0 Å². The number of aromatic nitrogens is 2. The topological polar surface area (TPSA) is 44.1 Å². The first-order valence-corrected chi connectivity index (χ1v) is 4.91. The molecule has 0 saturated carbocycles. The summed E-state index contributed by atoms with van der Waals surface area (Å²) in [6, 6.07) is 7.15. The van der Waals surface area contributed by atoms with Crippen molar-refractivity contribution < 1.29 is 9.53 Å². The Balaban J connectivity index is 2.39. The lowest BCUT2D eigenvalue weighted by Crippen LogP contribution is -2.03. The molecule has 82 valence electrons. The van der Waals surface area contributed by atoms with E-state index >= 15 is 0 Å². The Hall–Kier alpha value is -2.10. The average Bonchev–Trinajstić information content (AvgIpc) is 2.75. The van der Waals surface area contributed by atoms with Gasteiger partial charge in [-0.1, -0.05) is 6.07 Å². The summed E-state index contributed by atoms with van der Waals surface area (Å²) >= 11 is 0. The molecule has 0 aliphatic carbocycles. The third-order valence-electron chi connectivity index (χ3n) is 2.24. The lowest BCUT2D eigenvalue weighted by Gasteiger charge is -2.03. The van der Waals surface area contributed by atoms with Crippen LogP contribution in [0.2, 0.25) is 0 Å². The molecule has 0 amide bonds. The smallest absolute Gasteiger partial charge is 0.337 e. The van der Waals surface area contributed by atoms with Crippen molar-refractivity contribution in [2.24, 2.45) is 0 Å². The van der Waals surface area contributed by atoms with Crippen LogP contribution in [0.25, 0.3) is 5.69 Å². The van der Waals surface area contributed by atoms with Gasteiger partial charge >= 0.3 is 5.97 Å². The molecule has 0 N–H and O–H groups in total. The van der Waals surface area contributed by atoms with Crippen LogP contribution in [-0.4, -0.2) is 22.9 Å². The number of rotatable bonds is 2. The second-order valence-electron chi connectivity index (χ2n) is 3.50. The normalized spacial score (nSPS) is 10.1. The molecule has 0 atom stereocenters. The van der Waals surface area contributed by atoms with Gasteiger partial charge in [-0.3, -0.25) is 0 Å². The summed E-state index contributed by atoms with van der Waals surface area (Å²) in [5, 5.41) is 4.18. The van der Waals surface area contributed by atoms with E-state index in [4.69, 9.17) is 0 Å². The Kier molecular flexibility index (Phi) is 2.72. The van der Waals surface area contributed by atoms with Crippen molar-refractivity contribution in [2.45, 2.75) is 6.92 Å². The summed E-state index contributed by atoms with van der Waals surface area (Å²) in [5.41, 5.74) is 2.44. The number of hydrogen-bond acceptors (Lipinski definition) is 3. The molecular formula is C12H12N2O2. The van der Waals surface area contributed by atoms with Crippen molar-refractivity contribution in [1.82, 2.24) is 9.78 Å². The van der Waals surface area contributed by atoms with E-state index in [0.29, 0.717) is 5.56 Å². The Morgan fingerprint density at radius 1 is 1.44 bits per heavy atom.